The second kappa shape index (κ2) is 6.89. The molecule has 1 aromatic carbocycles. The number of carbonyl (C=O) groups excluding carboxylic acids is 1. The third-order valence-corrected chi connectivity index (χ3v) is 4.95. The number of aliphatic hydroxyl groups is 1. The van der Waals surface area contributed by atoms with Crippen LogP contribution in [-0.2, 0) is 4.74 Å². The summed E-state index contributed by atoms with van der Waals surface area (Å²) in [5.41, 5.74) is 1.88. The molecular weight excluding hydrogens is 379 g/mol. The molecule has 1 saturated carbocycles. The third-order valence-electron chi connectivity index (χ3n) is 4.95. The SMILES string of the molecule is O=C1O[C@H](CO)CN1c1ccc(-c2ccc(-c3nnn(C4CC4)n3)nc2)c(F)c1. The van der Waals surface area contributed by atoms with E-state index in [1.54, 1.807) is 35.3 Å². The number of aliphatic hydroxyl groups excluding tert-OH is 1. The van der Waals surface area contributed by atoms with E-state index in [-0.39, 0.29) is 13.2 Å². The van der Waals surface area contributed by atoms with Crippen LogP contribution in [-0.4, -0.2) is 55.6 Å². The Bertz CT molecular complexity index is 1070. The first-order chi connectivity index (χ1) is 14.1. The first-order valence-corrected chi connectivity index (χ1v) is 9.27. The van der Waals surface area contributed by atoms with Crippen LogP contribution in [0.1, 0.15) is 18.9 Å². The number of anilines is 1. The molecule has 0 bridgehead atoms. The zero-order valence-electron chi connectivity index (χ0n) is 15.3. The molecule has 2 fully saturated rings. The maximum absolute atomic E-state index is 14.7. The summed E-state index contributed by atoms with van der Waals surface area (Å²) in [7, 11) is 0. The molecule has 148 valence electrons. The number of carbonyl (C=O) groups is 1. The maximum atomic E-state index is 14.7. The van der Waals surface area contributed by atoms with Gasteiger partial charge in [-0.1, -0.05) is 6.07 Å². The molecule has 1 aliphatic heterocycles. The minimum Gasteiger partial charge on any atom is -0.441 e. The molecule has 3 aromatic rings. The number of benzene rings is 1. The number of hydrogen-bond acceptors (Lipinski definition) is 7. The summed E-state index contributed by atoms with van der Waals surface area (Å²) in [4.78, 5) is 19.1. The van der Waals surface area contributed by atoms with E-state index in [9.17, 15) is 9.18 Å². The Morgan fingerprint density at radius 2 is 2.10 bits per heavy atom. The quantitative estimate of drug-likeness (QED) is 0.705. The molecule has 1 atom stereocenters. The van der Waals surface area contributed by atoms with E-state index in [1.807, 2.05) is 0 Å². The van der Waals surface area contributed by atoms with Gasteiger partial charge in [-0.25, -0.2) is 9.18 Å². The van der Waals surface area contributed by atoms with Crippen LogP contribution in [0.5, 0.6) is 0 Å². The molecule has 1 aliphatic carbocycles. The molecule has 2 aromatic heterocycles. The zero-order valence-corrected chi connectivity index (χ0v) is 15.3. The van der Waals surface area contributed by atoms with Crippen molar-refractivity contribution >= 4 is 11.8 Å². The van der Waals surface area contributed by atoms with Crippen molar-refractivity contribution in [1.82, 2.24) is 25.2 Å². The first kappa shape index (κ1) is 17.7. The molecule has 10 heteroatoms. The average molecular weight is 396 g/mol. The maximum Gasteiger partial charge on any atom is 0.414 e. The fraction of sp³-hybridized carbons (Fsp3) is 0.316. The van der Waals surface area contributed by atoms with Crippen LogP contribution in [0.15, 0.2) is 36.5 Å². The van der Waals surface area contributed by atoms with Crippen LogP contribution in [0.3, 0.4) is 0 Å². The van der Waals surface area contributed by atoms with E-state index < -0.39 is 18.0 Å². The van der Waals surface area contributed by atoms with E-state index in [0.717, 1.165) is 12.8 Å². The Balaban J connectivity index is 1.37. The predicted octanol–water partition coefficient (Wildman–Crippen LogP) is 2.19. The molecule has 5 rings (SSSR count). The molecule has 2 aliphatic rings. The van der Waals surface area contributed by atoms with Crippen LogP contribution < -0.4 is 4.90 Å². The minimum atomic E-state index is -0.603. The number of ether oxygens (including phenoxy) is 1. The van der Waals surface area contributed by atoms with E-state index in [2.05, 4.69) is 20.4 Å². The number of hydrogen-bond donors (Lipinski definition) is 1. The topological polar surface area (TPSA) is 106 Å². The molecule has 0 spiro atoms. The molecule has 1 amide bonds. The van der Waals surface area contributed by atoms with Gasteiger partial charge in [0.1, 0.15) is 17.6 Å². The van der Waals surface area contributed by atoms with Gasteiger partial charge in [-0.15, -0.1) is 10.2 Å². The van der Waals surface area contributed by atoms with Gasteiger partial charge in [-0.2, -0.15) is 4.80 Å². The van der Waals surface area contributed by atoms with Gasteiger partial charge in [0.05, 0.1) is 24.9 Å². The molecule has 1 saturated heterocycles. The van der Waals surface area contributed by atoms with Crippen LogP contribution in [0.4, 0.5) is 14.9 Å². The molecule has 0 unspecified atom stereocenters. The molecule has 0 radical (unpaired) electrons. The number of amides is 1. The van der Waals surface area contributed by atoms with Crippen molar-refractivity contribution in [2.24, 2.45) is 0 Å². The number of rotatable bonds is 5. The monoisotopic (exact) mass is 396 g/mol. The number of nitrogens with zero attached hydrogens (tertiary/aromatic N) is 6. The Labute approximate surface area is 164 Å². The van der Waals surface area contributed by atoms with Gasteiger partial charge in [0.25, 0.3) is 0 Å². The van der Waals surface area contributed by atoms with Gasteiger partial charge in [0.2, 0.25) is 5.82 Å². The lowest BCUT2D eigenvalue weighted by molar-refractivity contribution is 0.0963. The second-order valence-electron chi connectivity index (χ2n) is 7.06. The number of aromatic nitrogens is 5. The molecular formula is C19H17FN6O3. The highest BCUT2D eigenvalue weighted by Gasteiger charge is 2.32. The largest absolute Gasteiger partial charge is 0.441 e. The summed E-state index contributed by atoms with van der Waals surface area (Å²) >= 11 is 0. The molecule has 1 N–H and O–H groups in total. The third kappa shape index (κ3) is 3.31. The highest BCUT2D eigenvalue weighted by atomic mass is 19.1. The lowest BCUT2D eigenvalue weighted by atomic mass is 10.1. The summed E-state index contributed by atoms with van der Waals surface area (Å²) in [5, 5.41) is 21.5. The van der Waals surface area contributed by atoms with Crippen LogP contribution >= 0.6 is 0 Å². The Morgan fingerprint density at radius 1 is 1.24 bits per heavy atom. The van der Waals surface area contributed by atoms with Gasteiger partial charge < -0.3 is 9.84 Å². The standard InChI is InChI=1S/C19H17FN6O3/c20-16-7-13(25-9-14(10-27)29-19(25)28)4-5-15(16)11-1-6-17(21-8-11)18-22-24-26(23-18)12-2-3-12/h1,4-8,12,14,27H,2-3,9-10H2/t14-/m0/s1. The van der Waals surface area contributed by atoms with Crippen molar-refractivity contribution in [3.8, 4) is 22.6 Å². The summed E-state index contributed by atoms with van der Waals surface area (Å²) in [6, 6.07) is 8.29. The van der Waals surface area contributed by atoms with Crippen LogP contribution in [0.2, 0.25) is 0 Å². The van der Waals surface area contributed by atoms with E-state index in [0.29, 0.717) is 34.4 Å². The molecule has 3 heterocycles. The normalized spacial score (nSPS) is 18.9. The van der Waals surface area contributed by atoms with Crippen molar-refractivity contribution in [3.63, 3.8) is 0 Å². The number of cyclic esters (lactones) is 1. The molecule has 9 nitrogen and oxygen atoms in total. The van der Waals surface area contributed by atoms with Crippen molar-refractivity contribution < 1.29 is 19.0 Å². The van der Waals surface area contributed by atoms with E-state index >= 15 is 0 Å². The Kier molecular flexibility index (Phi) is 4.20. The number of pyridine rings is 1. The van der Waals surface area contributed by atoms with Crippen molar-refractivity contribution in [2.45, 2.75) is 25.0 Å². The second-order valence-corrected chi connectivity index (χ2v) is 7.06. The predicted molar refractivity (Wildman–Crippen MR) is 99.4 cm³/mol. The number of tetrazole rings is 1. The Morgan fingerprint density at radius 3 is 2.76 bits per heavy atom. The van der Waals surface area contributed by atoms with Crippen molar-refractivity contribution in [3.05, 3.63) is 42.3 Å². The highest BCUT2D eigenvalue weighted by Crippen LogP contribution is 2.33. The Hall–Kier alpha value is -3.40. The lowest BCUT2D eigenvalue weighted by Crippen LogP contribution is -2.25. The fourth-order valence-corrected chi connectivity index (χ4v) is 3.21. The van der Waals surface area contributed by atoms with Gasteiger partial charge in [0, 0.05) is 17.3 Å². The van der Waals surface area contributed by atoms with Crippen LogP contribution in [0.25, 0.3) is 22.6 Å². The zero-order chi connectivity index (χ0) is 20.0. The van der Waals surface area contributed by atoms with E-state index in [4.69, 9.17) is 9.84 Å². The molecule has 29 heavy (non-hydrogen) atoms. The summed E-state index contributed by atoms with van der Waals surface area (Å²) in [6.45, 7) is -0.0942. The lowest BCUT2D eigenvalue weighted by Gasteiger charge is -2.14. The summed E-state index contributed by atoms with van der Waals surface area (Å²) < 4.78 is 19.7. The van der Waals surface area contributed by atoms with Crippen molar-refractivity contribution in [1.29, 1.82) is 0 Å². The summed E-state index contributed by atoms with van der Waals surface area (Å²) in [5.74, 6) is -0.0552. The summed E-state index contributed by atoms with van der Waals surface area (Å²) in [6.07, 6.45) is 2.47. The fourth-order valence-electron chi connectivity index (χ4n) is 3.21. The highest BCUT2D eigenvalue weighted by molar-refractivity contribution is 5.90. The van der Waals surface area contributed by atoms with Gasteiger partial charge in [0.15, 0.2) is 0 Å². The average Bonchev–Trinajstić information content (AvgIpc) is 3.34. The first-order valence-electron chi connectivity index (χ1n) is 9.27. The van der Waals surface area contributed by atoms with Gasteiger partial charge in [-0.05, 0) is 42.3 Å². The van der Waals surface area contributed by atoms with E-state index in [1.165, 1.54) is 11.0 Å². The van der Waals surface area contributed by atoms with Gasteiger partial charge >= 0.3 is 6.09 Å². The van der Waals surface area contributed by atoms with Crippen molar-refractivity contribution in [2.75, 3.05) is 18.1 Å². The minimum absolute atomic E-state index is 0.179. The number of halogens is 1. The van der Waals surface area contributed by atoms with Gasteiger partial charge in [-0.3, -0.25) is 9.88 Å². The smallest absolute Gasteiger partial charge is 0.414 e. The van der Waals surface area contributed by atoms with Crippen LogP contribution in [0, 0.1) is 5.82 Å².